The van der Waals surface area contributed by atoms with Crippen LogP contribution in [0.5, 0.6) is 0 Å². The van der Waals surface area contributed by atoms with Crippen LogP contribution in [0.15, 0.2) is 24.3 Å². The predicted octanol–water partition coefficient (Wildman–Crippen LogP) is 3.52. The van der Waals surface area contributed by atoms with Gasteiger partial charge in [-0.2, -0.15) is 0 Å². The molecule has 4 heteroatoms. The highest BCUT2D eigenvalue weighted by Crippen LogP contribution is 2.43. The summed E-state index contributed by atoms with van der Waals surface area (Å²) in [4.78, 5) is 2.51. The second kappa shape index (κ2) is 9.51. The van der Waals surface area contributed by atoms with Crippen LogP contribution in [0.2, 0.25) is 0 Å². The van der Waals surface area contributed by atoms with Crippen LogP contribution in [0.4, 0.5) is 0 Å². The molecule has 27 heavy (non-hydrogen) atoms. The van der Waals surface area contributed by atoms with Crippen LogP contribution in [0.1, 0.15) is 50.7 Å². The lowest BCUT2D eigenvalue weighted by atomic mass is 9.67. The minimum absolute atomic E-state index is 0.0422. The first-order valence-corrected chi connectivity index (χ1v) is 10.7. The minimum atomic E-state index is -0.0422. The summed E-state index contributed by atoms with van der Waals surface area (Å²) in [5, 5.41) is 3.71. The lowest BCUT2D eigenvalue weighted by Crippen LogP contribution is -2.45. The molecule has 0 amide bonds. The predicted molar refractivity (Wildman–Crippen MR) is 111 cm³/mol. The molecule has 2 aliphatic heterocycles. The quantitative estimate of drug-likeness (QED) is 0.706. The smallest absolute Gasteiger partial charge is 0.0635 e. The van der Waals surface area contributed by atoms with Gasteiger partial charge in [0.05, 0.1) is 18.8 Å². The van der Waals surface area contributed by atoms with E-state index in [2.05, 4.69) is 55.3 Å². The van der Waals surface area contributed by atoms with Gasteiger partial charge in [-0.3, -0.25) is 4.90 Å². The van der Waals surface area contributed by atoms with Crippen molar-refractivity contribution in [1.29, 1.82) is 0 Å². The van der Waals surface area contributed by atoms with Crippen molar-refractivity contribution >= 4 is 0 Å². The standard InChI is InChI=1S/C23H38N2O2/c1-20-5-7-21(8-6-20)23(10-16-27-22(2,3)19-23)9-12-24-11-4-13-25-14-17-26-18-15-25/h5-8,24H,4,9-19H2,1-3H3/t23-/m0/s1. The van der Waals surface area contributed by atoms with Crippen molar-refractivity contribution in [2.45, 2.75) is 57.5 Å². The fourth-order valence-corrected chi connectivity index (χ4v) is 4.69. The van der Waals surface area contributed by atoms with Crippen molar-refractivity contribution in [3.8, 4) is 0 Å². The van der Waals surface area contributed by atoms with Crippen LogP contribution in [-0.2, 0) is 14.9 Å². The Kier molecular flexibility index (Phi) is 7.32. The molecule has 0 aromatic heterocycles. The fraction of sp³-hybridized carbons (Fsp3) is 0.739. The molecule has 0 spiro atoms. The molecule has 152 valence electrons. The minimum Gasteiger partial charge on any atom is -0.379 e. The number of benzene rings is 1. The Hall–Kier alpha value is -0.940. The molecule has 1 aromatic carbocycles. The normalized spacial score (nSPS) is 26.2. The summed E-state index contributed by atoms with van der Waals surface area (Å²) in [5.74, 6) is 0. The maximum Gasteiger partial charge on any atom is 0.0635 e. The Bertz CT molecular complexity index is 566. The van der Waals surface area contributed by atoms with Gasteiger partial charge in [0.25, 0.3) is 0 Å². The fourth-order valence-electron chi connectivity index (χ4n) is 4.69. The van der Waals surface area contributed by atoms with E-state index in [1.54, 1.807) is 0 Å². The first-order valence-electron chi connectivity index (χ1n) is 10.7. The van der Waals surface area contributed by atoms with Crippen molar-refractivity contribution in [2.24, 2.45) is 0 Å². The maximum absolute atomic E-state index is 6.04. The molecule has 2 aliphatic rings. The monoisotopic (exact) mass is 374 g/mol. The lowest BCUT2D eigenvalue weighted by Gasteiger charge is -2.45. The number of ether oxygens (including phenoxy) is 2. The van der Waals surface area contributed by atoms with E-state index in [9.17, 15) is 0 Å². The second-order valence-corrected chi connectivity index (χ2v) is 8.99. The summed E-state index contributed by atoms with van der Waals surface area (Å²) < 4.78 is 11.5. The molecule has 3 rings (SSSR count). The average Bonchev–Trinajstić information content (AvgIpc) is 2.65. The molecule has 1 aromatic rings. The van der Waals surface area contributed by atoms with Crippen LogP contribution in [-0.4, -0.2) is 63.0 Å². The maximum atomic E-state index is 6.04. The van der Waals surface area contributed by atoms with Gasteiger partial charge in [-0.1, -0.05) is 29.8 Å². The van der Waals surface area contributed by atoms with E-state index in [1.807, 2.05) is 0 Å². The molecule has 2 fully saturated rings. The SMILES string of the molecule is Cc1ccc([C@@]2(CCNCCCN3CCOCC3)CCOC(C)(C)C2)cc1. The van der Waals surface area contributed by atoms with Gasteiger partial charge in [-0.15, -0.1) is 0 Å². The molecule has 0 aliphatic carbocycles. The highest BCUT2D eigenvalue weighted by Gasteiger charge is 2.41. The topological polar surface area (TPSA) is 33.7 Å². The van der Waals surface area contributed by atoms with E-state index in [0.717, 1.165) is 58.8 Å². The number of rotatable bonds is 8. The van der Waals surface area contributed by atoms with Crippen molar-refractivity contribution in [2.75, 3.05) is 52.5 Å². The van der Waals surface area contributed by atoms with Crippen LogP contribution >= 0.6 is 0 Å². The van der Waals surface area contributed by atoms with Gasteiger partial charge in [0.1, 0.15) is 0 Å². The Labute approximate surface area is 165 Å². The Morgan fingerprint density at radius 3 is 2.48 bits per heavy atom. The van der Waals surface area contributed by atoms with Crippen molar-refractivity contribution < 1.29 is 9.47 Å². The molecular weight excluding hydrogens is 336 g/mol. The Morgan fingerprint density at radius 2 is 1.78 bits per heavy atom. The molecule has 0 unspecified atom stereocenters. The highest BCUT2D eigenvalue weighted by atomic mass is 16.5. The Balaban J connectivity index is 1.50. The summed E-state index contributed by atoms with van der Waals surface area (Å²) in [6, 6.07) is 9.20. The van der Waals surface area contributed by atoms with Gasteiger partial charge in [-0.05, 0) is 71.7 Å². The largest absolute Gasteiger partial charge is 0.379 e. The molecule has 4 nitrogen and oxygen atoms in total. The zero-order valence-corrected chi connectivity index (χ0v) is 17.6. The van der Waals surface area contributed by atoms with Crippen LogP contribution < -0.4 is 5.32 Å². The number of nitrogens with zero attached hydrogens (tertiary/aromatic N) is 1. The van der Waals surface area contributed by atoms with Gasteiger partial charge >= 0.3 is 0 Å². The van der Waals surface area contributed by atoms with E-state index in [0.29, 0.717) is 0 Å². The third-order valence-electron chi connectivity index (χ3n) is 6.21. The van der Waals surface area contributed by atoms with Crippen LogP contribution in [0.25, 0.3) is 0 Å². The van der Waals surface area contributed by atoms with E-state index in [4.69, 9.17) is 9.47 Å². The molecule has 1 atom stereocenters. The first-order chi connectivity index (χ1) is 13.0. The van der Waals surface area contributed by atoms with Crippen molar-refractivity contribution in [3.63, 3.8) is 0 Å². The summed E-state index contributed by atoms with van der Waals surface area (Å²) in [6.45, 7) is 14.8. The Morgan fingerprint density at radius 1 is 1.04 bits per heavy atom. The van der Waals surface area contributed by atoms with Gasteiger partial charge in [0, 0.05) is 25.1 Å². The van der Waals surface area contributed by atoms with E-state index in [1.165, 1.54) is 30.5 Å². The molecule has 0 radical (unpaired) electrons. The average molecular weight is 375 g/mol. The number of hydrogen-bond donors (Lipinski definition) is 1. The number of nitrogens with one attached hydrogen (secondary N) is 1. The summed E-state index contributed by atoms with van der Waals surface area (Å²) in [6.07, 6.45) is 4.61. The number of morpholine rings is 1. The zero-order valence-electron chi connectivity index (χ0n) is 17.6. The third kappa shape index (κ3) is 6.02. The molecule has 1 N–H and O–H groups in total. The number of aryl methyl sites for hydroxylation is 1. The highest BCUT2D eigenvalue weighted by molar-refractivity contribution is 5.30. The van der Waals surface area contributed by atoms with Crippen LogP contribution in [0, 0.1) is 6.92 Å². The van der Waals surface area contributed by atoms with Crippen LogP contribution in [0.3, 0.4) is 0 Å². The third-order valence-corrected chi connectivity index (χ3v) is 6.21. The molecule has 2 heterocycles. The number of hydrogen-bond acceptors (Lipinski definition) is 4. The second-order valence-electron chi connectivity index (χ2n) is 8.99. The van der Waals surface area contributed by atoms with Gasteiger partial charge in [0.2, 0.25) is 0 Å². The first kappa shape index (κ1) is 20.8. The van der Waals surface area contributed by atoms with E-state index < -0.39 is 0 Å². The van der Waals surface area contributed by atoms with E-state index in [-0.39, 0.29) is 11.0 Å². The molecule has 2 saturated heterocycles. The summed E-state index contributed by atoms with van der Waals surface area (Å²) in [5.41, 5.74) is 3.01. The zero-order chi connectivity index (χ0) is 19.2. The van der Waals surface area contributed by atoms with E-state index >= 15 is 0 Å². The van der Waals surface area contributed by atoms with Gasteiger partial charge < -0.3 is 14.8 Å². The lowest BCUT2D eigenvalue weighted by molar-refractivity contribution is -0.0839. The molecule has 0 bridgehead atoms. The summed E-state index contributed by atoms with van der Waals surface area (Å²) >= 11 is 0. The van der Waals surface area contributed by atoms with Gasteiger partial charge in [0.15, 0.2) is 0 Å². The molecule has 0 saturated carbocycles. The van der Waals surface area contributed by atoms with Crippen molar-refractivity contribution in [1.82, 2.24) is 10.2 Å². The van der Waals surface area contributed by atoms with Gasteiger partial charge in [-0.25, -0.2) is 0 Å². The summed E-state index contributed by atoms with van der Waals surface area (Å²) in [7, 11) is 0. The van der Waals surface area contributed by atoms with Crippen molar-refractivity contribution in [3.05, 3.63) is 35.4 Å². The molecular formula is C23H38N2O2.